The van der Waals surface area contributed by atoms with E-state index in [1.807, 2.05) is 19.1 Å². The first kappa shape index (κ1) is 11.1. The third-order valence-electron chi connectivity index (χ3n) is 4.98. The number of hydrogen-bond acceptors (Lipinski definition) is 1. The molecule has 0 amide bonds. The summed E-state index contributed by atoms with van der Waals surface area (Å²) in [7, 11) is 0. The summed E-state index contributed by atoms with van der Waals surface area (Å²) in [5, 5.41) is 8.95. The van der Waals surface area contributed by atoms with E-state index in [2.05, 4.69) is 18.2 Å². The Kier molecular flexibility index (Phi) is 3.42. The van der Waals surface area contributed by atoms with E-state index in [1.54, 1.807) is 12.1 Å². The minimum Gasteiger partial charge on any atom is -0.192 e. The Labute approximate surface area is 132 Å². The van der Waals surface area contributed by atoms with Crippen molar-refractivity contribution >= 4 is 0 Å². The summed E-state index contributed by atoms with van der Waals surface area (Å²) in [5.74, 6) is 0.749. The molecule has 0 radical (unpaired) electrons. The van der Waals surface area contributed by atoms with Crippen molar-refractivity contribution in [3.05, 3.63) is 47.5 Å². The molecular weight excluding hydrogens is 254 g/mol. The predicted octanol–water partition coefficient (Wildman–Crippen LogP) is 5.43. The van der Waals surface area contributed by atoms with Crippen LogP contribution in [0, 0.1) is 29.1 Å². The predicted molar refractivity (Wildman–Crippen MR) is 86.9 cm³/mol. The van der Waals surface area contributed by atoms with Crippen LogP contribution >= 0.6 is 0 Å². The third-order valence-corrected chi connectivity index (χ3v) is 4.98. The lowest BCUT2D eigenvalue weighted by Crippen LogP contribution is -2.30. The molecule has 0 saturated heterocycles. The fourth-order valence-corrected chi connectivity index (χ4v) is 3.85. The second-order valence-corrected chi connectivity index (χ2v) is 6.34. The molecule has 1 aromatic carbocycles. The van der Waals surface area contributed by atoms with Gasteiger partial charge in [-0.2, -0.15) is 5.26 Å². The molecule has 1 heteroatoms. The summed E-state index contributed by atoms with van der Waals surface area (Å²) in [6.45, 7) is 2.04. The third kappa shape index (κ3) is 3.21. The number of rotatable bonds is 2. The summed E-state index contributed by atoms with van der Waals surface area (Å²) in [5.41, 5.74) is 1.45. The quantitative estimate of drug-likeness (QED) is 0.663. The molecule has 5 atom stereocenters. The Hall–Kier alpha value is -1.55. The molecule has 2 aliphatic rings. The summed E-state index contributed by atoms with van der Waals surface area (Å²) in [4.78, 5) is 0. The summed E-state index contributed by atoms with van der Waals surface area (Å²) in [6, 6.07) is 9.27. The largest absolute Gasteiger partial charge is 0.192 e. The number of allylic oxidation sites excluding steroid dienone is 2. The second-order valence-electron chi connectivity index (χ2n) is 6.34. The summed E-state index contributed by atoms with van der Waals surface area (Å²) in [6.07, 6.45) is 6.28. The van der Waals surface area contributed by atoms with Crippen LogP contribution in [0.15, 0.2) is 36.4 Å². The molecule has 2 aliphatic carbocycles. The van der Waals surface area contributed by atoms with Crippen molar-refractivity contribution in [2.75, 3.05) is 0 Å². The van der Waals surface area contributed by atoms with Gasteiger partial charge in [0.1, 0.15) is 0 Å². The molecule has 110 valence electrons. The zero-order chi connectivity index (χ0) is 17.3. The van der Waals surface area contributed by atoms with Crippen molar-refractivity contribution in [2.45, 2.75) is 51.3 Å². The maximum absolute atomic E-state index is 8.95. The summed E-state index contributed by atoms with van der Waals surface area (Å²) < 4.78 is 26.0. The van der Waals surface area contributed by atoms with Gasteiger partial charge in [-0.05, 0) is 86.7 Å². The lowest BCUT2D eigenvalue weighted by molar-refractivity contribution is 0.133. The Balaban J connectivity index is 1.86. The van der Waals surface area contributed by atoms with E-state index >= 15 is 0 Å². The molecule has 1 nitrogen and oxygen atoms in total. The molecular formula is C20H25N. The average Bonchev–Trinajstić information content (AvgIpc) is 2.54. The van der Waals surface area contributed by atoms with Crippen molar-refractivity contribution in [3.8, 4) is 6.07 Å². The van der Waals surface area contributed by atoms with Gasteiger partial charge in [0.25, 0.3) is 0 Å². The van der Waals surface area contributed by atoms with Gasteiger partial charge in [-0.15, -0.1) is 0 Å². The number of fused-ring (bicyclic) bond motifs is 1. The van der Waals surface area contributed by atoms with Gasteiger partial charge < -0.3 is 0 Å². The van der Waals surface area contributed by atoms with Crippen molar-refractivity contribution in [3.63, 3.8) is 0 Å². The molecule has 0 bridgehead atoms. The first-order chi connectivity index (χ1) is 11.5. The van der Waals surface area contributed by atoms with Crippen LogP contribution in [0.5, 0.6) is 0 Å². The van der Waals surface area contributed by atoms with Crippen LogP contribution in [-0.2, 0) is 0 Å². The van der Waals surface area contributed by atoms with E-state index in [9.17, 15) is 0 Å². The van der Waals surface area contributed by atoms with E-state index in [0.29, 0.717) is 23.8 Å². The smallest absolute Gasteiger partial charge is 0.0991 e. The first-order valence-corrected chi connectivity index (χ1v) is 8.01. The fraction of sp³-hybridized carbons (Fsp3) is 0.550. The zero-order valence-electron chi connectivity index (χ0n) is 15.6. The molecule has 3 rings (SSSR count). The van der Waals surface area contributed by atoms with Gasteiger partial charge in [0.15, 0.2) is 0 Å². The van der Waals surface area contributed by atoms with Crippen molar-refractivity contribution in [1.29, 1.82) is 5.26 Å². The molecule has 5 unspecified atom stereocenters. The van der Waals surface area contributed by atoms with E-state index < -0.39 is 18.7 Å². The van der Waals surface area contributed by atoms with E-state index in [4.69, 9.17) is 9.37 Å². The van der Waals surface area contributed by atoms with Gasteiger partial charge in [-0.3, -0.25) is 0 Å². The number of nitriles is 1. The van der Waals surface area contributed by atoms with Gasteiger partial charge in [-0.25, -0.2) is 0 Å². The number of hydrogen-bond donors (Lipinski definition) is 0. The lowest BCUT2D eigenvalue weighted by Gasteiger charge is -2.41. The van der Waals surface area contributed by atoms with Crippen LogP contribution in [0.4, 0.5) is 0 Å². The van der Waals surface area contributed by atoms with Gasteiger partial charge in [0.05, 0.1) is 11.6 Å². The standard InChI is InChI=1S/C20H25N/c1-2-3-15-4-9-20-13-19(11-10-18(20)12-15)17-7-5-16(14-21)6-8-17/h2-3,5-8,15,18-20H,4,9-13H2,1H3/i11D2,13D. The van der Waals surface area contributed by atoms with Gasteiger partial charge in [0, 0.05) is 4.11 Å². The molecule has 0 aromatic heterocycles. The highest BCUT2D eigenvalue weighted by Gasteiger charge is 2.35. The van der Waals surface area contributed by atoms with Crippen LogP contribution in [0.1, 0.15) is 66.5 Å². The minimum absolute atomic E-state index is 0.288. The van der Waals surface area contributed by atoms with Gasteiger partial charge >= 0.3 is 0 Å². The molecule has 1 aromatic rings. The van der Waals surface area contributed by atoms with Crippen molar-refractivity contribution in [2.24, 2.45) is 17.8 Å². The van der Waals surface area contributed by atoms with Gasteiger partial charge in [0.2, 0.25) is 0 Å². The molecule has 0 N–H and O–H groups in total. The van der Waals surface area contributed by atoms with E-state index in [0.717, 1.165) is 24.8 Å². The van der Waals surface area contributed by atoms with Crippen LogP contribution in [-0.4, -0.2) is 0 Å². The molecule has 0 heterocycles. The topological polar surface area (TPSA) is 23.8 Å². The average molecular weight is 282 g/mol. The monoisotopic (exact) mass is 282 g/mol. The molecule has 0 spiro atoms. The SMILES string of the molecule is [2H]C1C2CCC(C=CC)CC2CC([2H])([2H])C1c1ccc(C#N)cc1. The lowest BCUT2D eigenvalue weighted by atomic mass is 9.64. The van der Waals surface area contributed by atoms with Crippen LogP contribution in [0.25, 0.3) is 0 Å². The van der Waals surface area contributed by atoms with Crippen LogP contribution in [0.2, 0.25) is 0 Å². The summed E-state index contributed by atoms with van der Waals surface area (Å²) >= 11 is 0. The Morgan fingerprint density at radius 2 is 2.00 bits per heavy atom. The van der Waals surface area contributed by atoms with Crippen molar-refractivity contribution < 1.29 is 4.11 Å². The van der Waals surface area contributed by atoms with Crippen LogP contribution < -0.4 is 0 Å². The maximum Gasteiger partial charge on any atom is 0.0991 e. The first-order valence-electron chi connectivity index (χ1n) is 9.59. The number of benzene rings is 1. The Morgan fingerprint density at radius 1 is 1.19 bits per heavy atom. The fourth-order valence-electron chi connectivity index (χ4n) is 3.85. The molecule has 21 heavy (non-hydrogen) atoms. The van der Waals surface area contributed by atoms with E-state index in [-0.39, 0.29) is 5.92 Å². The highest BCUT2D eigenvalue weighted by Crippen LogP contribution is 2.47. The molecule has 2 saturated carbocycles. The maximum atomic E-state index is 8.95. The highest BCUT2D eigenvalue weighted by molar-refractivity contribution is 5.33. The van der Waals surface area contributed by atoms with Crippen LogP contribution in [0.3, 0.4) is 0 Å². The highest BCUT2D eigenvalue weighted by atomic mass is 14.4. The van der Waals surface area contributed by atoms with Gasteiger partial charge in [-0.1, -0.05) is 24.3 Å². The zero-order valence-corrected chi connectivity index (χ0v) is 12.6. The van der Waals surface area contributed by atoms with E-state index in [1.165, 1.54) is 0 Å². The van der Waals surface area contributed by atoms with Crippen molar-refractivity contribution in [1.82, 2.24) is 0 Å². The molecule has 0 aliphatic heterocycles. The normalized spacial score (nSPS) is 40.6. The Morgan fingerprint density at radius 3 is 2.71 bits per heavy atom. The number of nitrogens with zero attached hydrogens (tertiary/aromatic N) is 1. The minimum atomic E-state index is -1.36. The second kappa shape index (κ2) is 6.48. The Bertz CT molecular complexity index is 644. The molecule has 2 fully saturated rings.